The van der Waals surface area contributed by atoms with Crippen LogP contribution in [0, 0.1) is 6.92 Å². The van der Waals surface area contributed by atoms with E-state index in [-0.39, 0.29) is 0 Å². The number of hydrogen-bond acceptors (Lipinski definition) is 3. The molecule has 1 N–H and O–H groups in total. The number of aromatic nitrogens is 2. The van der Waals surface area contributed by atoms with Crippen molar-refractivity contribution < 1.29 is 0 Å². The summed E-state index contributed by atoms with van der Waals surface area (Å²) in [6.45, 7) is 3.98. The number of nitrogens with one attached hydrogen (secondary N) is 1. The van der Waals surface area contributed by atoms with Gasteiger partial charge in [0.05, 0.1) is 0 Å². The highest BCUT2D eigenvalue weighted by atomic mass is 15.0. The Hall–Kier alpha value is -1.12. The minimum atomic E-state index is 0.812. The molecule has 0 aliphatic heterocycles. The Morgan fingerprint density at radius 1 is 1.55 bits per heavy atom. The summed E-state index contributed by atoms with van der Waals surface area (Å²) >= 11 is 0. The lowest BCUT2D eigenvalue weighted by molar-refractivity contribution is 0.991. The smallest absolute Gasteiger partial charge is 0.132 e. The van der Waals surface area contributed by atoms with Gasteiger partial charge in [0.2, 0.25) is 0 Å². The van der Waals surface area contributed by atoms with Crippen LogP contribution < -0.4 is 5.32 Å². The summed E-state index contributed by atoms with van der Waals surface area (Å²) in [5.41, 5.74) is 1.16. The third-order valence-electron chi connectivity index (χ3n) is 1.60. The molecule has 1 aromatic heterocycles. The van der Waals surface area contributed by atoms with Gasteiger partial charge < -0.3 is 5.32 Å². The zero-order chi connectivity index (χ0) is 8.27. The number of nitrogens with zero attached hydrogens (tertiary/aromatic N) is 2. The van der Waals surface area contributed by atoms with E-state index in [2.05, 4.69) is 22.2 Å². The molecule has 0 aliphatic carbocycles. The van der Waals surface area contributed by atoms with Crippen LogP contribution in [0.4, 0.5) is 5.82 Å². The Balaban J connectivity index is 3.06. The van der Waals surface area contributed by atoms with Crippen LogP contribution in [-0.2, 0) is 6.42 Å². The Bertz CT molecular complexity index is 245. The predicted octanol–water partition coefficient (Wildman–Crippen LogP) is 1.39. The maximum absolute atomic E-state index is 4.24. The van der Waals surface area contributed by atoms with Crippen LogP contribution in [0.2, 0.25) is 0 Å². The van der Waals surface area contributed by atoms with Gasteiger partial charge in [-0.1, -0.05) is 6.92 Å². The average Bonchev–Trinajstić information content (AvgIpc) is 2.04. The molecule has 0 amide bonds. The minimum absolute atomic E-state index is 0.812. The highest BCUT2D eigenvalue weighted by molar-refractivity contribution is 5.41. The van der Waals surface area contributed by atoms with Gasteiger partial charge in [0.1, 0.15) is 11.6 Å². The molecule has 0 unspecified atom stereocenters. The molecule has 0 aromatic carbocycles. The average molecular weight is 151 g/mol. The lowest BCUT2D eigenvalue weighted by atomic mass is 10.2. The topological polar surface area (TPSA) is 37.8 Å². The number of rotatable bonds is 2. The van der Waals surface area contributed by atoms with E-state index in [1.807, 2.05) is 20.2 Å². The number of aryl methyl sites for hydroxylation is 2. The van der Waals surface area contributed by atoms with Gasteiger partial charge in [-0.3, -0.25) is 0 Å². The van der Waals surface area contributed by atoms with E-state index in [0.717, 1.165) is 23.6 Å². The second kappa shape index (κ2) is 3.32. The van der Waals surface area contributed by atoms with Crippen molar-refractivity contribution in [2.45, 2.75) is 20.3 Å². The molecule has 1 aromatic rings. The van der Waals surface area contributed by atoms with Gasteiger partial charge in [-0.25, -0.2) is 9.97 Å². The Morgan fingerprint density at radius 3 is 2.82 bits per heavy atom. The first-order chi connectivity index (χ1) is 5.27. The van der Waals surface area contributed by atoms with Crippen molar-refractivity contribution >= 4 is 5.82 Å². The fraction of sp³-hybridized carbons (Fsp3) is 0.500. The molecule has 0 saturated carbocycles. The summed E-state index contributed by atoms with van der Waals surface area (Å²) in [4.78, 5) is 8.35. The summed E-state index contributed by atoms with van der Waals surface area (Å²) in [6, 6.07) is 0. The van der Waals surface area contributed by atoms with Gasteiger partial charge in [-0.05, 0) is 13.3 Å². The molecule has 0 radical (unpaired) electrons. The van der Waals surface area contributed by atoms with E-state index in [0.29, 0.717) is 0 Å². The molecule has 1 heterocycles. The van der Waals surface area contributed by atoms with Gasteiger partial charge in [0.15, 0.2) is 0 Å². The normalized spacial score (nSPS) is 9.73. The second-order valence-electron chi connectivity index (χ2n) is 2.39. The van der Waals surface area contributed by atoms with Crippen molar-refractivity contribution in [3.63, 3.8) is 0 Å². The predicted molar refractivity (Wildman–Crippen MR) is 45.7 cm³/mol. The fourth-order valence-corrected chi connectivity index (χ4v) is 0.970. The zero-order valence-corrected chi connectivity index (χ0v) is 7.18. The van der Waals surface area contributed by atoms with E-state index < -0.39 is 0 Å². The Labute approximate surface area is 66.9 Å². The summed E-state index contributed by atoms with van der Waals surface area (Å²) < 4.78 is 0. The molecule has 0 saturated heterocycles. The molecule has 11 heavy (non-hydrogen) atoms. The van der Waals surface area contributed by atoms with E-state index in [1.54, 1.807) is 0 Å². The monoisotopic (exact) mass is 151 g/mol. The van der Waals surface area contributed by atoms with Gasteiger partial charge in [0, 0.05) is 18.8 Å². The maximum atomic E-state index is 4.24. The van der Waals surface area contributed by atoms with E-state index in [9.17, 15) is 0 Å². The quantitative estimate of drug-likeness (QED) is 0.694. The van der Waals surface area contributed by atoms with Crippen LogP contribution in [0.5, 0.6) is 0 Å². The molecule has 3 nitrogen and oxygen atoms in total. The molecule has 0 atom stereocenters. The van der Waals surface area contributed by atoms with Crippen LogP contribution in [-0.4, -0.2) is 17.0 Å². The Kier molecular flexibility index (Phi) is 2.41. The third kappa shape index (κ3) is 1.67. The molecule has 0 bridgehead atoms. The Morgan fingerprint density at radius 2 is 2.27 bits per heavy atom. The zero-order valence-electron chi connectivity index (χ0n) is 7.18. The summed E-state index contributed by atoms with van der Waals surface area (Å²) in [5, 5.41) is 3.04. The third-order valence-corrected chi connectivity index (χ3v) is 1.60. The number of anilines is 1. The van der Waals surface area contributed by atoms with Gasteiger partial charge in [-0.15, -0.1) is 0 Å². The molecular weight excluding hydrogens is 138 g/mol. The maximum Gasteiger partial charge on any atom is 0.132 e. The number of hydrogen-bond donors (Lipinski definition) is 1. The summed E-state index contributed by atoms with van der Waals surface area (Å²) in [6.07, 6.45) is 2.84. The SMILES string of the molecule is CCc1cnc(C)nc1NC. The summed E-state index contributed by atoms with van der Waals surface area (Å²) in [7, 11) is 1.88. The van der Waals surface area contributed by atoms with Crippen LogP contribution in [0.25, 0.3) is 0 Å². The van der Waals surface area contributed by atoms with Crippen LogP contribution in [0.3, 0.4) is 0 Å². The van der Waals surface area contributed by atoms with Crippen molar-refractivity contribution in [1.82, 2.24) is 9.97 Å². The van der Waals surface area contributed by atoms with Gasteiger partial charge in [-0.2, -0.15) is 0 Å². The van der Waals surface area contributed by atoms with E-state index >= 15 is 0 Å². The fourth-order valence-electron chi connectivity index (χ4n) is 0.970. The van der Waals surface area contributed by atoms with Crippen molar-refractivity contribution in [2.24, 2.45) is 0 Å². The molecule has 1 rings (SSSR count). The molecule has 3 heteroatoms. The van der Waals surface area contributed by atoms with Crippen LogP contribution in [0.1, 0.15) is 18.3 Å². The standard InChI is InChI=1S/C8H13N3/c1-4-7-5-10-6(2)11-8(7)9-3/h5H,4H2,1-3H3,(H,9,10,11). The first kappa shape index (κ1) is 7.98. The highest BCUT2D eigenvalue weighted by Gasteiger charge is 1.99. The lowest BCUT2D eigenvalue weighted by Gasteiger charge is -2.04. The van der Waals surface area contributed by atoms with Crippen LogP contribution in [0.15, 0.2) is 6.20 Å². The molecule has 0 aliphatic rings. The molecule has 0 spiro atoms. The highest BCUT2D eigenvalue weighted by Crippen LogP contribution is 2.10. The molecule has 60 valence electrons. The van der Waals surface area contributed by atoms with E-state index in [4.69, 9.17) is 0 Å². The van der Waals surface area contributed by atoms with Gasteiger partial charge >= 0.3 is 0 Å². The molecule has 0 fully saturated rings. The van der Waals surface area contributed by atoms with Crippen LogP contribution >= 0.6 is 0 Å². The second-order valence-corrected chi connectivity index (χ2v) is 2.39. The first-order valence-corrected chi connectivity index (χ1v) is 3.78. The first-order valence-electron chi connectivity index (χ1n) is 3.78. The van der Waals surface area contributed by atoms with Gasteiger partial charge in [0.25, 0.3) is 0 Å². The van der Waals surface area contributed by atoms with E-state index in [1.165, 1.54) is 0 Å². The van der Waals surface area contributed by atoms with Crippen molar-refractivity contribution in [2.75, 3.05) is 12.4 Å². The van der Waals surface area contributed by atoms with Crippen molar-refractivity contribution in [1.29, 1.82) is 0 Å². The lowest BCUT2D eigenvalue weighted by Crippen LogP contribution is -2.00. The minimum Gasteiger partial charge on any atom is -0.373 e. The van der Waals surface area contributed by atoms with Crippen molar-refractivity contribution in [3.05, 3.63) is 17.6 Å². The van der Waals surface area contributed by atoms with Crippen molar-refractivity contribution in [3.8, 4) is 0 Å². The molecular formula is C8H13N3. The summed E-state index contributed by atoms with van der Waals surface area (Å²) in [5.74, 6) is 1.76. The largest absolute Gasteiger partial charge is 0.373 e.